The van der Waals surface area contributed by atoms with Crippen molar-refractivity contribution in [2.45, 2.75) is 67.5 Å². The van der Waals surface area contributed by atoms with Crippen molar-refractivity contribution in [1.29, 1.82) is 0 Å². The molecular formula is C26H40FN5O. The van der Waals surface area contributed by atoms with E-state index in [4.69, 9.17) is 5.10 Å². The highest BCUT2D eigenvalue weighted by molar-refractivity contribution is 5.82. The Morgan fingerprint density at radius 3 is 2.39 bits per heavy atom. The number of nitrogens with zero attached hydrogens (tertiary/aromatic N) is 5. The van der Waals surface area contributed by atoms with Crippen LogP contribution in [0, 0.1) is 18.2 Å². The zero-order valence-corrected chi connectivity index (χ0v) is 21.4. The molecule has 0 bridgehead atoms. The Balaban J connectivity index is 2.09. The number of rotatable bonds is 7. The topological polar surface area (TPSA) is 44.6 Å². The highest BCUT2D eigenvalue weighted by Crippen LogP contribution is 2.32. The molecule has 1 aromatic heterocycles. The summed E-state index contributed by atoms with van der Waals surface area (Å²) in [6.45, 7) is 19.5. The number of likely N-dealkylation sites (N-methyl/N-ethyl adjacent to an activating group) is 1. The first-order chi connectivity index (χ1) is 15.6. The van der Waals surface area contributed by atoms with Crippen molar-refractivity contribution in [3.63, 3.8) is 0 Å². The van der Waals surface area contributed by atoms with Gasteiger partial charge in [-0.15, -0.1) is 0 Å². The molecule has 1 aliphatic heterocycles. The number of anilines is 1. The predicted molar refractivity (Wildman–Crippen MR) is 132 cm³/mol. The fourth-order valence-electron chi connectivity index (χ4n) is 4.37. The Hall–Kier alpha value is -2.41. The lowest BCUT2D eigenvalue weighted by molar-refractivity contribution is -0.142. The summed E-state index contributed by atoms with van der Waals surface area (Å²) in [6.07, 6.45) is 0.878. The third kappa shape index (κ3) is 5.57. The number of carbonyl (C=O) groups is 1. The third-order valence-electron chi connectivity index (χ3n) is 6.68. The number of aromatic nitrogens is 2. The number of aryl methyl sites for hydroxylation is 1. The second kappa shape index (κ2) is 10.2. The Bertz CT molecular complexity index is 956. The largest absolute Gasteiger partial charge is 0.354 e. The summed E-state index contributed by atoms with van der Waals surface area (Å²) >= 11 is 0. The molecule has 1 fully saturated rings. The van der Waals surface area contributed by atoms with Crippen molar-refractivity contribution in [3.05, 3.63) is 41.3 Å². The van der Waals surface area contributed by atoms with Gasteiger partial charge in [0.15, 0.2) is 0 Å². The molecule has 0 N–H and O–H groups in total. The summed E-state index contributed by atoms with van der Waals surface area (Å²) < 4.78 is 16.0. The van der Waals surface area contributed by atoms with E-state index in [1.807, 2.05) is 43.3 Å². The number of halogens is 1. The number of benzene rings is 1. The van der Waals surface area contributed by atoms with Gasteiger partial charge in [0.2, 0.25) is 5.91 Å². The van der Waals surface area contributed by atoms with E-state index < -0.39 is 5.41 Å². The average Bonchev–Trinajstić information content (AvgIpc) is 3.11. The summed E-state index contributed by atoms with van der Waals surface area (Å²) in [5, 5.41) is 4.85. The van der Waals surface area contributed by atoms with Gasteiger partial charge in [-0.25, -0.2) is 9.07 Å². The van der Waals surface area contributed by atoms with E-state index in [0.717, 1.165) is 56.2 Å². The first-order valence-corrected chi connectivity index (χ1v) is 12.2. The molecule has 3 rings (SSSR count). The number of piperazine rings is 1. The van der Waals surface area contributed by atoms with Gasteiger partial charge in [0, 0.05) is 43.2 Å². The molecule has 0 aliphatic carbocycles. The normalized spacial score (nSPS) is 16.2. The van der Waals surface area contributed by atoms with E-state index in [2.05, 4.69) is 30.6 Å². The van der Waals surface area contributed by atoms with E-state index in [0.29, 0.717) is 12.2 Å². The van der Waals surface area contributed by atoms with Gasteiger partial charge in [0.05, 0.1) is 17.9 Å². The molecular weight excluding hydrogens is 417 g/mol. The van der Waals surface area contributed by atoms with Crippen LogP contribution in [0.1, 0.15) is 59.2 Å². The van der Waals surface area contributed by atoms with Gasteiger partial charge in [0.25, 0.3) is 0 Å². The van der Waals surface area contributed by atoms with Gasteiger partial charge in [-0.3, -0.25) is 4.79 Å². The Kier molecular flexibility index (Phi) is 7.83. The van der Waals surface area contributed by atoms with E-state index in [-0.39, 0.29) is 17.8 Å². The van der Waals surface area contributed by atoms with Crippen LogP contribution in [0.5, 0.6) is 0 Å². The van der Waals surface area contributed by atoms with Crippen LogP contribution >= 0.6 is 0 Å². The average molecular weight is 458 g/mol. The lowest BCUT2D eigenvalue weighted by atomic mass is 9.93. The van der Waals surface area contributed by atoms with E-state index in [1.165, 1.54) is 12.1 Å². The minimum absolute atomic E-state index is 0.110. The minimum Gasteiger partial charge on any atom is -0.354 e. The van der Waals surface area contributed by atoms with Crippen molar-refractivity contribution in [2.75, 3.05) is 37.6 Å². The molecule has 1 aliphatic rings. The van der Waals surface area contributed by atoms with Crippen LogP contribution in [-0.4, -0.2) is 64.3 Å². The van der Waals surface area contributed by atoms with Gasteiger partial charge in [-0.05, 0) is 45.0 Å². The number of amides is 1. The minimum atomic E-state index is -0.469. The van der Waals surface area contributed by atoms with E-state index in [1.54, 1.807) is 6.07 Å². The fourth-order valence-corrected chi connectivity index (χ4v) is 4.37. The molecule has 1 aromatic carbocycles. The molecule has 2 aromatic rings. The molecule has 2 heterocycles. The lowest BCUT2D eigenvalue weighted by Gasteiger charge is -2.38. The van der Waals surface area contributed by atoms with Crippen LogP contribution < -0.4 is 4.90 Å². The Morgan fingerprint density at radius 2 is 1.85 bits per heavy atom. The van der Waals surface area contributed by atoms with Gasteiger partial charge >= 0.3 is 0 Å². The highest BCUT2D eigenvalue weighted by Gasteiger charge is 2.33. The molecule has 6 nitrogen and oxygen atoms in total. The SMILES string of the molecule is CC[C@H](C)N(Cc1c(C)nn(-c2cccc(F)c2)c1N1CCN(CC)CC1)C(=O)C(C)(C)C. The highest BCUT2D eigenvalue weighted by atomic mass is 19.1. The molecule has 7 heteroatoms. The predicted octanol–water partition coefficient (Wildman–Crippen LogP) is 4.63. The lowest BCUT2D eigenvalue weighted by Crippen LogP contribution is -2.48. The van der Waals surface area contributed by atoms with Crippen molar-refractivity contribution < 1.29 is 9.18 Å². The van der Waals surface area contributed by atoms with E-state index in [9.17, 15) is 9.18 Å². The van der Waals surface area contributed by atoms with Gasteiger partial charge in [-0.2, -0.15) is 5.10 Å². The van der Waals surface area contributed by atoms with Gasteiger partial charge in [-0.1, -0.05) is 40.7 Å². The van der Waals surface area contributed by atoms with Crippen LogP contribution in [0.25, 0.3) is 5.69 Å². The monoisotopic (exact) mass is 457 g/mol. The van der Waals surface area contributed by atoms with Gasteiger partial charge in [0.1, 0.15) is 11.6 Å². The molecule has 0 spiro atoms. The van der Waals surface area contributed by atoms with Crippen molar-refractivity contribution in [3.8, 4) is 5.69 Å². The number of carbonyl (C=O) groups excluding carboxylic acids is 1. The zero-order chi connectivity index (χ0) is 24.3. The van der Waals surface area contributed by atoms with Crippen LogP contribution in [-0.2, 0) is 11.3 Å². The first kappa shape index (κ1) is 25.2. The summed E-state index contributed by atoms with van der Waals surface area (Å²) in [5.74, 6) is 0.827. The smallest absolute Gasteiger partial charge is 0.228 e. The zero-order valence-electron chi connectivity index (χ0n) is 21.4. The van der Waals surface area contributed by atoms with Crippen molar-refractivity contribution in [2.24, 2.45) is 5.41 Å². The van der Waals surface area contributed by atoms with Crippen LogP contribution in [0.2, 0.25) is 0 Å². The molecule has 0 radical (unpaired) electrons. The van der Waals surface area contributed by atoms with Crippen molar-refractivity contribution >= 4 is 11.7 Å². The van der Waals surface area contributed by atoms with Crippen LogP contribution in [0.15, 0.2) is 24.3 Å². The summed E-state index contributed by atoms with van der Waals surface area (Å²) in [7, 11) is 0. The Labute approximate surface area is 198 Å². The quantitative estimate of drug-likeness (QED) is 0.608. The van der Waals surface area contributed by atoms with Crippen molar-refractivity contribution in [1.82, 2.24) is 19.6 Å². The number of hydrogen-bond donors (Lipinski definition) is 0. The van der Waals surface area contributed by atoms with Crippen LogP contribution in [0.4, 0.5) is 10.2 Å². The third-order valence-corrected chi connectivity index (χ3v) is 6.68. The van der Waals surface area contributed by atoms with Crippen LogP contribution in [0.3, 0.4) is 0 Å². The molecule has 0 unspecified atom stereocenters. The second-order valence-electron chi connectivity index (χ2n) is 10.1. The molecule has 1 saturated heterocycles. The fraction of sp³-hybridized carbons (Fsp3) is 0.615. The standard InChI is InChI=1S/C26H40FN5O/c1-8-19(3)31(25(33)26(5,6)7)18-23-20(4)28-32(22-12-10-11-21(27)17-22)24(23)30-15-13-29(9-2)14-16-30/h10-12,17,19H,8-9,13-16,18H2,1-7H3/t19-/m0/s1. The number of hydrogen-bond acceptors (Lipinski definition) is 4. The molecule has 182 valence electrons. The first-order valence-electron chi connectivity index (χ1n) is 12.2. The maximum absolute atomic E-state index is 14.1. The maximum Gasteiger partial charge on any atom is 0.228 e. The summed E-state index contributed by atoms with van der Waals surface area (Å²) in [4.78, 5) is 20.2. The molecule has 1 atom stereocenters. The van der Waals surface area contributed by atoms with Gasteiger partial charge < -0.3 is 14.7 Å². The molecule has 33 heavy (non-hydrogen) atoms. The molecule has 1 amide bonds. The Morgan fingerprint density at radius 1 is 1.18 bits per heavy atom. The second-order valence-corrected chi connectivity index (χ2v) is 10.1. The van der Waals surface area contributed by atoms with E-state index >= 15 is 0 Å². The summed E-state index contributed by atoms with van der Waals surface area (Å²) in [6, 6.07) is 6.69. The summed E-state index contributed by atoms with van der Waals surface area (Å²) in [5.41, 5.74) is 2.15. The molecule has 0 saturated carbocycles. The maximum atomic E-state index is 14.1.